The summed E-state index contributed by atoms with van der Waals surface area (Å²) in [6.45, 7) is 2.46. The van der Waals surface area contributed by atoms with Crippen molar-refractivity contribution in [2.24, 2.45) is 0 Å². The zero-order chi connectivity index (χ0) is 11.9. The summed E-state index contributed by atoms with van der Waals surface area (Å²) in [5.74, 6) is 11.8. The molecular weight excluding hydrogens is 196 g/mol. The van der Waals surface area contributed by atoms with Crippen molar-refractivity contribution in [1.29, 1.82) is 0 Å². The SMILES string of the molecule is CCCC#CC#CCCCCCCCCO. The lowest BCUT2D eigenvalue weighted by Gasteiger charge is -1.97. The first-order chi connectivity index (χ1) is 7.91. The molecule has 16 heavy (non-hydrogen) atoms. The predicted molar refractivity (Wildman–Crippen MR) is 69.9 cm³/mol. The van der Waals surface area contributed by atoms with E-state index in [-0.39, 0.29) is 0 Å². The number of rotatable bonds is 8. The minimum Gasteiger partial charge on any atom is -0.396 e. The molecule has 0 spiro atoms. The molecule has 1 nitrogen and oxygen atoms in total. The van der Waals surface area contributed by atoms with Gasteiger partial charge >= 0.3 is 0 Å². The molecule has 0 aliphatic carbocycles. The van der Waals surface area contributed by atoms with Gasteiger partial charge in [0.15, 0.2) is 0 Å². The van der Waals surface area contributed by atoms with Crippen molar-refractivity contribution >= 4 is 0 Å². The number of aliphatic hydroxyl groups is 1. The van der Waals surface area contributed by atoms with Crippen molar-refractivity contribution in [2.75, 3.05) is 6.61 Å². The van der Waals surface area contributed by atoms with E-state index in [0.717, 1.165) is 32.1 Å². The van der Waals surface area contributed by atoms with Gasteiger partial charge < -0.3 is 5.11 Å². The quantitative estimate of drug-likeness (QED) is 0.490. The molecule has 90 valence electrons. The summed E-state index contributed by atoms with van der Waals surface area (Å²) in [6.07, 6.45) is 10.1. The van der Waals surface area contributed by atoms with Crippen LogP contribution < -0.4 is 0 Å². The second-order valence-corrected chi connectivity index (χ2v) is 3.95. The Morgan fingerprint density at radius 3 is 1.94 bits per heavy atom. The van der Waals surface area contributed by atoms with Gasteiger partial charge in [-0.2, -0.15) is 0 Å². The Hall–Kier alpha value is -0.920. The summed E-state index contributed by atoms with van der Waals surface area (Å²) in [5.41, 5.74) is 0. The van der Waals surface area contributed by atoms with Crippen LogP contribution in [0, 0.1) is 23.7 Å². The fourth-order valence-corrected chi connectivity index (χ4v) is 1.37. The Labute approximate surface area is 101 Å². The van der Waals surface area contributed by atoms with Crippen LogP contribution in [0.2, 0.25) is 0 Å². The van der Waals surface area contributed by atoms with Crippen molar-refractivity contribution < 1.29 is 5.11 Å². The van der Waals surface area contributed by atoms with Gasteiger partial charge in [-0.05, 0) is 31.1 Å². The standard InChI is InChI=1S/C15H24O/c1-2-3-4-5-6-7-8-9-10-11-12-13-14-15-16/h16H,2-3,8-15H2,1H3. The van der Waals surface area contributed by atoms with Crippen LogP contribution >= 0.6 is 0 Å². The minimum absolute atomic E-state index is 0.335. The van der Waals surface area contributed by atoms with Crippen LogP contribution in [0.5, 0.6) is 0 Å². The summed E-state index contributed by atoms with van der Waals surface area (Å²) in [4.78, 5) is 0. The molecule has 0 saturated carbocycles. The van der Waals surface area contributed by atoms with Crippen LogP contribution in [-0.4, -0.2) is 11.7 Å². The molecule has 0 aromatic rings. The first-order valence-electron chi connectivity index (χ1n) is 6.48. The molecule has 1 N–H and O–H groups in total. The fraction of sp³-hybridized carbons (Fsp3) is 0.733. The zero-order valence-corrected chi connectivity index (χ0v) is 10.5. The highest BCUT2D eigenvalue weighted by molar-refractivity contribution is 5.25. The van der Waals surface area contributed by atoms with Crippen LogP contribution in [0.3, 0.4) is 0 Å². The molecule has 0 fully saturated rings. The molecule has 0 aliphatic rings. The Morgan fingerprint density at radius 2 is 1.31 bits per heavy atom. The number of unbranched alkanes of at least 4 members (excludes halogenated alkanes) is 7. The van der Waals surface area contributed by atoms with Gasteiger partial charge in [-0.15, -0.1) is 0 Å². The maximum atomic E-state index is 8.60. The minimum atomic E-state index is 0.335. The summed E-state index contributed by atoms with van der Waals surface area (Å²) in [7, 11) is 0. The predicted octanol–water partition coefficient (Wildman–Crippen LogP) is 3.52. The highest BCUT2D eigenvalue weighted by Gasteiger charge is 1.89. The lowest BCUT2D eigenvalue weighted by Crippen LogP contribution is -1.83. The molecule has 0 radical (unpaired) electrons. The molecule has 0 saturated heterocycles. The number of hydrogen-bond acceptors (Lipinski definition) is 1. The molecule has 0 aromatic carbocycles. The molecule has 0 aliphatic heterocycles. The van der Waals surface area contributed by atoms with Crippen LogP contribution in [0.25, 0.3) is 0 Å². The van der Waals surface area contributed by atoms with Crippen molar-refractivity contribution in [3.8, 4) is 23.7 Å². The molecule has 0 atom stereocenters. The number of hydrogen-bond donors (Lipinski definition) is 1. The van der Waals surface area contributed by atoms with Crippen molar-refractivity contribution in [1.82, 2.24) is 0 Å². The highest BCUT2D eigenvalue weighted by atomic mass is 16.2. The van der Waals surface area contributed by atoms with Gasteiger partial charge in [0, 0.05) is 19.4 Å². The van der Waals surface area contributed by atoms with E-state index in [1.165, 1.54) is 25.7 Å². The summed E-state index contributed by atoms with van der Waals surface area (Å²) < 4.78 is 0. The van der Waals surface area contributed by atoms with Crippen LogP contribution in [-0.2, 0) is 0 Å². The second-order valence-electron chi connectivity index (χ2n) is 3.95. The smallest absolute Gasteiger partial charge is 0.0431 e. The number of aliphatic hydroxyl groups excluding tert-OH is 1. The molecule has 0 aromatic heterocycles. The third kappa shape index (κ3) is 13.1. The van der Waals surface area contributed by atoms with E-state index in [2.05, 4.69) is 30.6 Å². The second kappa shape index (κ2) is 14.1. The summed E-state index contributed by atoms with van der Waals surface area (Å²) in [6, 6.07) is 0. The van der Waals surface area contributed by atoms with Gasteiger partial charge in [-0.25, -0.2) is 0 Å². The van der Waals surface area contributed by atoms with Crippen molar-refractivity contribution in [2.45, 2.75) is 64.7 Å². The maximum Gasteiger partial charge on any atom is 0.0431 e. The lowest BCUT2D eigenvalue weighted by atomic mass is 10.1. The van der Waals surface area contributed by atoms with Gasteiger partial charge in [0.1, 0.15) is 0 Å². The average Bonchev–Trinajstić information content (AvgIpc) is 2.31. The van der Waals surface area contributed by atoms with Gasteiger partial charge in [0.2, 0.25) is 0 Å². The summed E-state index contributed by atoms with van der Waals surface area (Å²) in [5, 5.41) is 8.60. The third-order valence-corrected chi connectivity index (χ3v) is 2.32. The molecule has 0 amide bonds. The van der Waals surface area contributed by atoms with E-state index in [4.69, 9.17) is 5.11 Å². The highest BCUT2D eigenvalue weighted by Crippen LogP contribution is 2.06. The van der Waals surface area contributed by atoms with Crippen LogP contribution in [0.4, 0.5) is 0 Å². The van der Waals surface area contributed by atoms with Crippen LogP contribution in [0.15, 0.2) is 0 Å². The van der Waals surface area contributed by atoms with Gasteiger partial charge in [-0.1, -0.05) is 44.4 Å². The van der Waals surface area contributed by atoms with Crippen molar-refractivity contribution in [3.05, 3.63) is 0 Å². The Kier molecular flexibility index (Phi) is 13.3. The lowest BCUT2D eigenvalue weighted by molar-refractivity contribution is 0.282. The van der Waals surface area contributed by atoms with E-state index in [9.17, 15) is 0 Å². The van der Waals surface area contributed by atoms with E-state index in [0.29, 0.717) is 6.61 Å². The van der Waals surface area contributed by atoms with Gasteiger partial charge in [0.25, 0.3) is 0 Å². The molecular formula is C15H24O. The van der Waals surface area contributed by atoms with E-state index in [1.54, 1.807) is 0 Å². The van der Waals surface area contributed by atoms with E-state index in [1.807, 2.05) is 0 Å². The monoisotopic (exact) mass is 220 g/mol. The van der Waals surface area contributed by atoms with E-state index >= 15 is 0 Å². The third-order valence-electron chi connectivity index (χ3n) is 2.32. The maximum absolute atomic E-state index is 8.60. The van der Waals surface area contributed by atoms with Gasteiger partial charge in [-0.3, -0.25) is 0 Å². The average molecular weight is 220 g/mol. The molecule has 0 rings (SSSR count). The normalized spacial score (nSPS) is 8.88. The molecule has 0 unspecified atom stereocenters. The first-order valence-corrected chi connectivity index (χ1v) is 6.48. The zero-order valence-electron chi connectivity index (χ0n) is 10.5. The topological polar surface area (TPSA) is 20.2 Å². The molecule has 0 bridgehead atoms. The fourth-order valence-electron chi connectivity index (χ4n) is 1.37. The Balaban J connectivity index is 3.17. The van der Waals surface area contributed by atoms with Crippen LogP contribution in [0.1, 0.15) is 64.7 Å². The largest absolute Gasteiger partial charge is 0.396 e. The summed E-state index contributed by atoms with van der Waals surface area (Å²) >= 11 is 0. The Morgan fingerprint density at radius 1 is 0.750 bits per heavy atom. The van der Waals surface area contributed by atoms with Gasteiger partial charge in [0.05, 0.1) is 0 Å². The molecule has 0 heterocycles. The van der Waals surface area contributed by atoms with Crippen molar-refractivity contribution in [3.63, 3.8) is 0 Å². The van der Waals surface area contributed by atoms with E-state index < -0.39 is 0 Å². The first kappa shape index (κ1) is 15.1. The molecule has 1 heteroatoms. The Bertz CT molecular complexity index is 246.